The van der Waals surface area contributed by atoms with E-state index in [1.54, 1.807) is 0 Å². The van der Waals surface area contributed by atoms with Crippen molar-refractivity contribution in [2.75, 3.05) is 6.61 Å². The smallest absolute Gasteiger partial charge is 0.119 e. The molecular formula is C38H64O. The van der Waals surface area contributed by atoms with Gasteiger partial charge < -0.3 is 4.74 Å². The van der Waals surface area contributed by atoms with Crippen molar-refractivity contribution < 1.29 is 4.74 Å². The van der Waals surface area contributed by atoms with Crippen molar-refractivity contribution in [2.24, 2.45) is 5.92 Å². The molecule has 2 aromatic carbocycles. The number of benzene rings is 2. The molecular weight excluding hydrogens is 472 g/mol. The van der Waals surface area contributed by atoms with E-state index in [9.17, 15) is 0 Å². The lowest BCUT2D eigenvalue weighted by molar-refractivity contribution is 0.304. The summed E-state index contributed by atoms with van der Waals surface area (Å²) in [7, 11) is 0. The van der Waals surface area contributed by atoms with E-state index in [0.717, 1.165) is 37.5 Å². The molecule has 1 heteroatoms. The van der Waals surface area contributed by atoms with Crippen LogP contribution in [0.5, 0.6) is 5.75 Å². The van der Waals surface area contributed by atoms with Gasteiger partial charge in [-0.05, 0) is 80.3 Å². The molecule has 0 aromatic heterocycles. The van der Waals surface area contributed by atoms with Crippen molar-refractivity contribution in [2.45, 2.75) is 134 Å². The van der Waals surface area contributed by atoms with Gasteiger partial charge in [0.1, 0.15) is 5.75 Å². The molecule has 2 rings (SSSR count). The predicted molar refractivity (Wildman–Crippen MR) is 180 cm³/mol. The summed E-state index contributed by atoms with van der Waals surface area (Å²) in [6.45, 7) is 28.2. The summed E-state index contributed by atoms with van der Waals surface area (Å²) in [5.74, 6) is 1.81. The minimum Gasteiger partial charge on any atom is -0.494 e. The fraction of sp³-hybridized carbons (Fsp3) is 0.579. The van der Waals surface area contributed by atoms with E-state index in [0.29, 0.717) is 0 Å². The Bertz CT molecular complexity index is 885. The van der Waals surface area contributed by atoms with Gasteiger partial charge in [-0.3, -0.25) is 0 Å². The van der Waals surface area contributed by atoms with Crippen LogP contribution in [0.2, 0.25) is 0 Å². The molecule has 0 unspecified atom stereocenters. The standard InChI is InChI=1S/C30H42O.C4H10.2C2H6/c1-6-8-9-10-11-12-13-21-31-29-16-14-15-28(23-29)30-22-27(20-18-26(30)5)19-17-25(4)24(3)7-2;1-4(2)3;2*1-2/h7,14-16,18,20,22-23H,4,6,8-13,17,19,21H2,1-3,5H3;4H,1-3H3;2*1-2H3/b24-7+;;;. The summed E-state index contributed by atoms with van der Waals surface area (Å²) < 4.78 is 6.07. The first kappa shape index (κ1) is 38.9. The molecule has 0 spiro atoms. The highest BCUT2D eigenvalue weighted by Crippen LogP contribution is 2.29. The monoisotopic (exact) mass is 536 g/mol. The van der Waals surface area contributed by atoms with Gasteiger partial charge >= 0.3 is 0 Å². The molecule has 0 aliphatic rings. The van der Waals surface area contributed by atoms with E-state index in [1.165, 1.54) is 71.9 Å². The van der Waals surface area contributed by atoms with Crippen molar-refractivity contribution in [1.82, 2.24) is 0 Å². The van der Waals surface area contributed by atoms with Crippen LogP contribution < -0.4 is 4.74 Å². The van der Waals surface area contributed by atoms with Gasteiger partial charge in [-0.15, -0.1) is 0 Å². The number of aryl methyl sites for hydroxylation is 2. The average Bonchev–Trinajstić information content (AvgIpc) is 2.95. The number of unbranched alkanes of at least 4 members (excludes halogenated alkanes) is 6. The fourth-order valence-electron chi connectivity index (χ4n) is 3.83. The first-order valence-corrected chi connectivity index (χ1v) is 15.9. The lowest BCUT2D eigenvalue weighted by atomic mass is 9.94. The lowest BCUT2D eigenvalue weighted by Gasteiger charge is -2.12. The predicted octanol–water partition coefficient (Wildman–Crippen LogP) is 13.0. The zero-order chi connectivity index (χ0) is 30.1. The van der Waals surface area contributed by atoms with Crippen LogP contribution in [-0.2, 0) is 6.42 Å². The topological polar surface area (TPSA) is 9.23 Å². The number of allylic oxidation sites excluding steroid dienone is 3. The van der Waals surface area contributed by atoms with Crippen LogP contribution in [0.1, 0.15) is 132 Å². The highest BCUT2D eigenvalue weighted by Gasteiger charge is 2.07. The molecule has 0 amide bonds. The molecule has 222 valence electrons. The van der Waals surface area contributed by atoms with Gasteiger partial charge in [-0.25, -0.2) is 0 Å². The molecule has 39 heavy (non-hydrogen) atoms. The summed E-state index contributed by atoms with van der Waals surface area (Å²) in [5, 5.41) is 0. The Balaban J connectivity index is 0. The van der Waals surface area contributed by atoms with Crippen molar-refractivity contribution in [1.29, 1.82) is 0 Å². The Labute approximate surface area is 245 Å². The third-order valence-corrected chi connectivity index (χ3v) is 6.17. The zero-order valence-corrected chi connectivity index (χ0v) is 27.9. The maximum atomic E-state index is 6.07. The van der Waals surface area contributed by atoms with Gasteiger partial charge in [0, 0.05) is 0 Å². The van der Waals surface area contributed by atoms with Crippen LogP contribution in [0.4, 0.5) is 0 Å². The molecule has 0 heterocycles. The molecule has 0 radical (unpaired) electrons. The Hall–Kier alpha value is -2.28. The third kappa shape index (κ3) is 19.4. The summed E-state index contributed by atoms with van der Waals surface area (Å²) in [4.78, 5) is 0. The Morgan fingerprint density at radius 1 is 0.872 bits per heavy atom. The molecule has 0 saturated carbocycles. The molecule has 0 atom stereocenters. The second-order valence-corrected chi connectivity index (χ2v) is 10.5. The minimum absolute atomic E-state index is 0.808. The number of rotatable bonds is 14. The first-order chi connectivity index (χ1) is 18.8. The number of hydrogen-bond donors (Lipinski definition) is 0. The fourth-order valence-corrected chi connectivity index (χ4v) is 3.83. The van der Waals surface area contributed by atoms with E-state index in [2.05, 4.69) is 104 Å². The Morgan fingerprint density at radius 2 is 1.46 bits per heavy atom. The number of hydrogen-bond acceptors (Lipinski definition) is 1. The van der Waals surface area contributed by atoms with Crippen LogP contribution in [0.3, 0.4) is 0 Å². The van der Waals surface area contributed by atoms with Crippen molar-refractivity contribution in [3.63, 3.8) is 0 Å². The SMILES string of the molecule is C=C(CCc1ccc(C)c(-c2cccc(OCCCCCCCCC)c2)c1)/C(C)=C/C.CC.CC.CC(C)C. The summed E-state index contributed by atoms with van der Waals surface area (Å²) in [5.41, 5.74) is 7.71. The van der Waals surface area contributed by atoms with E-state index < -0.39 is 0 Å². The highest BCUT2D eigenvalue weighted by atomic mass is 16.5. The quantitative estimate of drug-likeness (QED) is 0.172. The van der Waals surface area contributed by atoms with Crippen molar-refractivity contribution in [3.8, 4) is 16.9 Å². The largest absolute Gasteiger partial charge is 0.494 e. The van der Waals surface area contributed by atoms with Gasteiger partial charge in [0.2, 0.25) is 0 Å². The second kappa shape index (κ2) is 26.0. The lowest BCUT2D eigenvalue weighted by Crippen LogP contribution is -1.98. The summed E-state index contributed by atoms with van der Waals surface area (Å²) >= 11 is 0. The second-order valence-electron chi connectivity index (χ2n) is 10.5. The van der Waals surface area contributed by atoms with Crippen LogP contribution >= 0.6 is 0 Å². The maximum absolute atomic E-state index is 6.07. The molecule has 0 fully saturated rings. The summed E-state index contributed by atoms with van der Waals surface area (Å²) in [6, 6.07) is 15.4. The van der Waals surface area contributed by atoms with Gasteiger partial charge in [-0.2, -0.15) is 0 Å². The van der Waals surface area contributed by atoms with Gasteiger partial charge in [0.15, 0.2) is 0 Å². The van der Waals surface area contributed by atoms with E-state index in [-0.39, 0.29) is 0 Å². The Morgan fingerprint density at radius 3 is 2.05 bits per heavy atom. The minimum atomic E-state index is 0.808. The van der Waals surface area contributed by atoms with E-state index in [4.69, 9.17) is 4.74 Å². The summed E-state index contributed by atoms with van der Waals surface area (Å²) in [6.07, 6.45) is 13.3. The normalized spacial score (nSPS) is 10.4. The molecule has 0 N–H and O–H groups in total. The molecule has 2 aromatic rings. The van der Waals surface area contributed by atoms with E-state index >= 15 is 0 Å². The molecule has 0 aliphatic carbocycles. The van der Waals surface area contributed by atoms with Crippen molar-refractivity contribution >= 4 is 0 Å². The van der Waals surface area contributed by atoms with E-state index in [1.807, 2.05) is 27.7 Å². The van der Waals surface area contributed by atoms with Crippen molar-refractivity contribution in [3.05, 3.63) is 77.4 Å². The van der Waals surface area contributed by atoms with Gasteiger partial charge in [-0.1, -0.05) is 148 Å². The molecule has 0 bridgehead atoms. The molecule has 0 saturated heterocycles. The third-order valence-electron chi connectivity index (χ3n) is 6.17. The molecule has 0 aliphatic heterocycles. The Kier molecular flexibility index (Phi) is 25.9. The van der Waals surface area contributed by atoms with Gasteiger partial charge in [0.25, 0.3) is 0 Å². The van der Waals surface area contributed by atoms with Gasteiger partial charge in [0.05, 0.1) is 6.61 Å². The average molecular weight is 537 g/mol. The number of ether oxygens (including phenoxy) is 1. The van der Waals surface area contributed by atoms with Crippen LogP contribution in [-0.4, -0.2) is 6.61 Å². The first-order valence-electron chi connectivity index (χ1n) is 15.9. The molecule has 1 nitrogen and oxygen atoms in total. The zero-order valence-electron chi connectivity index (χ0n) is 27.9. The maximum Gasteiger partial charge on any atom is 0.119 e. The van der Waals surface area contributed by atoms with Crippen LogP contribution in [0.15, 0.2) is 66.3 Å². The van der Waals surface area contributed by atoms with Crippen LogP contribution in [0.25, 0.3) is 11.1 Å². The van der Waals surface area contributed by atoms with Crippen LogP contribution in [0, 0.1) is 12.8 Å². The highest BCUT2D eigenvalue weighted by molar-refractivity contribution is 5.69.